The molecular weight excluding hydrogens is 342 g/mol. The van der Waals surface area contributed by atoms with Crippen molar-refractivity contribution in [2.45, 2.75) is 19.9 Å². The van der Waals surface area contributed by atoms with Gasteiger partial charge in [0.15, 0.2) is 0 Å². The number of rotatable bonds is 4. The Morgan fingerprint density at radius 3 is 2.76 bits per heavy atom. The Hall–Kier alpha value is -2.29. The van der Waals surface area contributed by atoms with Gasteiger partial charge in [-0.3, -0.25) is 19.6 Å². The molecule has 2 aromatic heterocycles. The zero-order chi connectivity index (χ0) is 15.6. The number of aromatic nitrogens is 3. The van der Waals surface area contributed by atoms with Crippen LogP contribution in [0.5, 0.6) is 0 Å². The van der Waals surface area contributed by atoms with Crippen molar-refractivity contribution in [3.05, 3.63) is 44.8 Å². The van der Waals surface area contributed by atoms with Crippen LogP contribution in [0, 0.1) is 17.0 Å². The van der Waals surface area contributed by atoms with Crippen LogP contribution in [0.4, 0.5) is 11.5 Å². The van der Waals surface area contributed by atoms with Crippen LogP contribution in [0.15, 0.2) is 29.0 Å². The average molecular weight is 354 g/mol. The molecule has 0 saturated heterocycles. The highest BCUT2D eigenvalue weighted by Gasteiger charge is 2.22. The number of nitro groups is 1. The number of nitrogens with one attached hydrogen (secondary N) is 1. The monoisotopic (exact) mass is 353 g/mol. The first-order valence-electron chi connectivity index (χ1n) is 6.01. The minimum Gasteiger partial charge on any atom is -0.309 e. The largest absolute Gasteiger partial charge is 0.309 e. The van der Waals surface area contributed by atoms with Crippen molar-refractivity contribution in [3.8, 4) is 0 Å². The number of hydrogen-bond acceptors (Lipinski definition) is 5. The van der Waals surface area contributed by atoms with Crippen LogP contribution in [0.2, 0.25) is 0 Å². The standard InChI is InChI=1S/C12H12BrN5O3/c1-7-10(18(20)21)6-17(16-7)8(2)12(19)15-11-4-3-9(13)5-14-11/h3-6,8H,1-2H3,(H,14,15,19)/t8-/m0/s1. The van der Waals surface area contributed by atoms with E-state index in [0.29, 0.717) is 5.82 Å². The molecule has 1 atom stereocenters. The van der Waals surface area contributed by atoms with Crippen LogP contribution in [0.25, 0.3) is 0 Å². The maximum absolute atomic E-state index is 12.1. The number of amides is 1. The molecule has 1 N–H and O–H groups in total. The molecule has 2 rings (SSSR count). The minimum absolute atomic E-state index is 0.114. The predicted octanol–water partition coefficient (Wildman–Crippen LogP) is 2.46. The van der Waals surface area contributed by atoms with Crippen molar-refractivity contribution in [1.82, 2.24) is 14.8 Å². The molecule has 0 spiro atoms. The highest BCUT2D eigenvalue weighted by atomic mass is 79.9. The number of pyridine rings is 1. The molecule has 0 aromatic carbocycles. The molecule has 2 heterocycles. The van der Waals surface area contributed by atoms with Gasteiger partial charge < -0.3 is 5.32 Å². The molecule has 0 aliphatic carbocycles. The summed E-state index contributed by atoms with van der Waals surface area (Å²) in [6.07, 6.45) is 2.80. The van der Waals surface area contributed by atoms with Gasteiger partial charge in [-0.2, -0.15) is 5.10 Å². The number of carbonyl (C=O) groups is 1. The SMILES string of the molecule is Cc1nn([C@@H](C)C(=O)Nc2ccc(Br)cn2)cc1[N+](=O)[O-]. The third kappa shape index (κ3) is 3.43. The fraction of sp³-hybridized carbons (Fsp3) is 0.250. The van der Waals surface area contributed by atoms with E-state index in [1.165, 1.54) is 17.8 Å². The Labute approximate surface area is 128 Å². The molecule has 0 fully saturated rings. The second-order valence-corrected chi connectivity index (χ2v) is 5.28. The average Bonchev–Trinajstić information content (AvgIpc) is 2.82. The molecule has 2 aromatic rings. The minimum atomic E-state index is -0.692. The summed E-state index contributed by atoms with van der Waals surface area (Å²) in [5, 5.41) is 17.4. The van der Waals surface area contributed by atoms with E-state index in [4.69, 9.17) is 0 Å². The first kappa shape index (κ1) is 15.1. The molecule has 8 nitrogen and oxygen atoms in total. The number of carbonyl (C=O) groups excluding carboxylic acids is 1. The Morgan fingerprint density at radius 2 is 2.24 bits per heavy atom. The highest BCUT2D eigenvalue weighted by Crippen LogP contribution is 2.19. The van der Waals surface area contributed by atoms with E-state index in [2.05, 4.69) is 31.3 Å². The van der Waals surface area contributed by atoms with Crippen LogP contribution < -0.4 is 5.32 Å². The van der Waals surface area contributed by atoms with Crippen molar-refractivity contribution in [1.29, 1.82) is 0 Å². The van der Waals surface area contributed by atoms with Gasteiger partial charge in [-0.25, -0.2) is 4.98 Å². The van der Waals surface area contributed by atoms with Gasteiger partial charge in [0.2, 0.25) is 5.91 Å². The van der Waals surface area contributed by atoms with Crippen LogP contribution in [0.1, 0.15) is 18.7 Å². The summed E-state index contributed by atoms with van der Waals surface area (Å²) in [6.45, 7) is 3.12. The van der Waals surface area contributed by atoms with Crippen LogP contribution >= 0.6 is 15.9 Å². The smallest absolute Gasteiger partial charge is 0.309 e. The summed E-state index contributed by atoms with van der Waals surface area (Å²) in [4.78, 5) is 26.4. The number of aryl methyl sites for hydroxylation is 1. The predicted molar refractivity (Wildman–Crippen MR) is 78.9 cm³/mol. The maximum atomic E-state index is 12.1. The first-order chi connectivity index (χ1) is 9.88. The number of hydrogen-bond donors (Lipinski definition) is 1. The highest BCUT2D eigenvalue weighted by molar-refractivity contribution is 9.10. The molecule has 9 heteroatoms. The second-order valence-electron chi connectivity index (χ2n) is 4.36. The van der Waals surface area contributed by atoms with Crippen molar-refractivity contribution in [2.75, 3.05) is 5.32 Å². The molecule has 0 unspecified atom stereocenters. The second kappa shape index (κ2) is 6.00. The van der Waals surface area contributed by atoms with Gasteiger partial charge >= 0.3 is 5.69 Å². The Kier molecular flexibility index (Phi) is 4.32. The van der Waals surface area contributed by atoms with Gasteiger partial charge in [-0.15, -0.1) is 0 Å². The Morgan fingerprint density at radius 1 is 1.52 bits per heavy atom. The lowest BCUT2D eigenvalue weighted by atomic mass is 10.3. The number of anilines is 1. The summed E-state index contributed by atoms with van der Waals surface area (Å²) in [6, 6.07) is 2.70. The molecule has 0 aliphatic heterocycles. The van der Waals surface area contributed by atoms with E-state index in [-0.39, 0.29) is 17.3 Å². The third-order valence-corrected chi connectivity index (χ3v) is 3.31. The lowest BCUT2D eigenvalue weighted by Gasteiger charge is -2.11. The van der Waals surface area contributed by atoms with Crippen molar-refractivity contribution >= 4 is 33.3 Å². The summed E-state index contributed by atoms with van der Waals surface area (Å²) in [5.74, 6) is 0.0376. The van der Waals surface area contributed by atoms with Crippen molar-refractivity contribution in [2.24, 2.45) is 0 Å². The molecule has 0 aliphatic rings. The van der Waals surface area contributed by atoms with Gasteiger partial charge in [-0.05, 0) is 41.9 Å². The molecular formula is C12H12BrN5O3. The summed E-state index contributed by atoms with van der Waals surface area (Å²) >= 11 is 3.25. The van der Waals surface area contributed by atoms with Crippen LogP contribution in [-0.4, -0.2) is 25.6 Å². The van der Waals surface area contributed by atoms with E-state index < -0.39 is 11.0 Å². The molecule has 21 heavy (non-hydrogen) atoms. The molecule has 1 amide bonds. The third-order valence-electron chi connectivity index (χ3n) is 2.84. The zero-order valence-electron chi connectivity index (χ0n) is 11.3. The maximum Gasteiger partial charge on any atom is 0.309 e. The van der Waals surface area contributed by atoms with Crippen molar-refractivity contribution in [3.63, 3.8) is 0 Å². The van der Waals surface area contributed by atoms with E-state index in [1.54, 1.807) is 25.3 Å². The van der Waals surface area contributed by atoms with Gasteiger partial charge in [0.1, 0.15) is 23.8 Å². The topological polar surface area (TPSA) is 103 Å². The van der Waals surface area contributed by atoms with Crippen molar-refractivity contribution < 1.29 is 9.72 Å². The lowest BCUT2D eigenvalue weighted by Crippen LogP contribution is -2.24. The van der Waals surface area contributed by atoms with Crippen LogP contribution in [-0.2, 0) is 4.79 Å². The van der Waals surface area contributed by atoms with E-state index in [1.807, 2.05) is 0 Å². The summed E-state index contributed by atoms with van der Waals surface area (Å²) < 4.78 is 2.06. The lowest BCUT2D eigenvalue weighted by molar-refractivity contribution is -0.385. The fourth-order valence-electron chi connectivity index (χ4n) is 1.65. The van der Waals surface area contributed by atoms with E-state index in [9.17, 15) is 14.9 Å². The summed E-state index contributed by atoms with van der Waals surface area (Å²) in [7, 11) is 0. The molecule has 0 bridgehead atoms. The quantitative estimate of drug-likeness (QED) is 0.671. The Balaban J connectivity index is 2.13. The van der Waals surface area contributed by atoms with Gasteiger partial charge in [0, 0.05) is 10.7 Å². The van der Waals surface area contributed by atoms with Gasteiger partial charge in [-0.1, -0.05) is 0 Å². The molecule has 0 saturated carbocycles. The Bertz CT molecular complexity index is 683. The zero-order valence-corrected chi connectivity index (χ0v) is 12.9. The van der Waals surface area contributed by atoms with Gasteiger partial charge in [0.05, 0.1) is 4.92 Å². The van der Waals surface area contributed by atoms with E-state index >= 15 is 0 Å². The van der Waals surface area contributed by atoms with Crippen LogP contribution in [0.3, 0.4) is 0 Å². The number of nitrogens with zero attached hydrogens (tertiary/aromatic N) is 4. The number of halogens is 1. The van der Waals surface area contributed by atoms with E-state index in [0.717, 1.165) is 4.47 Å². The summed E-state index contributed by atoms with van der Waals surface area (Å²) in [5.41, 5.74) is 0.151. The fourth-order valence-corrected chi connectivity index (χ4v) is 1.88. The molecule has 110 valence electrons. The molecule has 0 radical (unpaired) electrons. The first-order valence-corrected chi connectivity index (χ1v) is 6.80. The normalized spacial score (nSPS) is 12.0. The van der Waals surface area contributed by atoms with Gasteiger partial charge in [0.25, 0.3) is 0 Å².